The second-order valence-corrected chi connectivity index (χ2v) is 6.34. The molecule has 1 aliphatic heterocycles. The van der Waals surface area contributed by atoms with Crippen LogP contribution in [0.15, 0.2) is 48.5 Å². The third-order valence-electron chi connectivity index (χ3n) is 4.33. The Balaban J connectivity index is 1.55. The molecule has 0 aliphatic carbocycles. The van der Waals surface area contributed by atoms with Gasteiger partial charge in [-0.25, -0.2) is 4.39 Å². The molecule has 0 atom stereocenters. The van der Waals surface area contributed by atoms with Crippen molar-refractivity contribution in [1.29, 1.82) is 0 Å². The number of hydrogen-bond donors (Lipinski definition) is 2. The van der Waals surface area contributed by atoms with Crippen molar-refractivity contribution in [3.63, 3.8) is 0 Å². The van der Waals surface area contributed by atoms with E-state index in [-0.39, 0.29) is 24.2 Å². The maximum absolute atomic E-state index is 12.9. The van der Waals surface area contributed by atoms with E-state index in [0.717, 1.165) is 25.9 Å². The number of amides is 2. The first kappa shape index (κ1) is 17.9. The van der Waals surface area contributed by atoms with Crippen LogP contribution in [0.2, 0.25) is 0 Å². The van der Waals surface area contributed by atoms with Crippen molar-refractivity contribution in [2.45, 2.75) is 19.3 Å². The zero-order chi connectivity index (χ0) is 18.4. The van der Waals surface area contributed by atoms with Gasteiger partial charge >= 0.3 is 0 Å². The van der Waals surface area contributed by atoms with E-state index in [4.69, 9.17) is 0 Å². The number of carbonyl (C=O) groups is 2. The van der Waals surface area contributed by atoms with E-state index in [1.54, 1.807) is 18.2 Å². The summed E-state index contributed by atoms with van der Waals surface area (Å²) in [5, 5.41) is 5.70. The predicted octanol–water partition coefficient (Wildman–Crippen LogP) is 3.50. The predicted molar refractivity (Wildman–Crippen MR) is 99.7 cm³/mol. The molecule has 1 saturated heterocycles. The Hall–Kier alpha value is -2.89. The highest BCUT2D eigenvalue weighted by molar-refractivity contribution is 5.96. The molecule has 2 N–H and O–H groups in total. The van der Waals surface area contributed by atoms with Crippen LogP contribution in [0.25, 0.3) is 0 Å². The molecule has 2 amide bonds. The number of nitrogens with one attached hydrogen (secondary N) is 2. The Morgan fingerprint density at radius 2 is 1.69 bits per heavy atom. The lowest BCUT2D eigenvalue weighted by atomic mass is 10.1. The summed E-state index contributed by atoms with van der Waals surface area (Å²) in [6, 6.07) is 12.8. The number of piperidine rings is 1. The van der Waals surface area contributed by atoms with Crippen molar-refractivity contribution in [3.8, 4) is 0 Å². The van der Waals surface area contributed by atoms with E-state index in [2.05, 4.69) is 10.6 Å². The summed E-state index contributed by atoms with van der Waals surface area (Å²) in [6.07, 6.45) is 3.27. The molecule has 5 nitrogen and oxygen atoms in total. The van der Waals surface area contributed by atoms with Crippen molar-refractivity contribution in [2.75, 3.05) is 30.3 Å². The molecule has 0 bridgehead atoms. The zero-order valence-electron chi connectivity index (χ0n) is 14.5. The fourth-order valence-electron chi connectivity index (χ4n) is 2.96. The third kappa shape index (κ3) is 4.81. The van der Waals surface area contributed by atoms with Gasteiger partial charge < -0.3 is 15.5 Å². The molecule has 0 radical (unpaired) electrons. The van der Waals surface area contributed by atoms with E-state index < -0.39 is 0 Å². The minimum Gasteiger partial charge on any atom is -0.376 e. The van der Waals surface area contributed by atoms with Gasteiger partial charge in [-0.1, -0.05) is 6.07 Å². The summed E-state index contributed by atoms with van der Waals surface area (Å²) in [6.45, 7) is 1.66. The summed E-state index contributed by atoms with van der Waals surface area (Å²) in [7, 11) is 0. The number of rotatable bonds is 5. The average Bonchev–Trinajstić information content (AvgIpc) is 2.68. The molecule has 26 heavy (non-hydrogen) atoms. The highest BCUT2D eigenvalue weighted by Gasteiger charge is 2.18. The van der Waals surface area contributed by atoms with Crippen molar-refractivity contribution in [3.05, 3.63) is 59.9 Å². The van der Waals surface area contributed by atoms with E-state index in [1.165, 1.54) is 30.7 Å². The number of anilines is 2. The molecule has 2 aromatic carbocycles. The Bertz CT molecular complexity index is 771. The second kappa shape index (κ2) is 8.47. The van der Waals surface area contributed by atoms with Crippen molar-refractivity contribution in [2.24, 2.45) is 0 Å². The van der Waals surface area contributed by atoms with Crippen molar-refractivity contribution >= 4 is 23.2 Å². The summed E-state index contributed by atoms with van der Waals surface area (Å²) in [4.78, 5) is 26.4. The molecule has 0 saturated carbocycles. The SMILES string of the molecule is O=C(CNc1cccc(C(=O)N2CCCCC2)c1)Nc1ccc(F)cc1. The van der Waals surface area contributed by atoms with Crippen LogP contribution in [0.1, 0.15) is 29.6 Å². The van der Waals surface area contributed by atoms with Gasteiger partial charge in [-0.15, -0.1) is 0 Å². The second-order valence-electron chi connectivity index (χ2n) is 6.34. The minimum absolute atomic E-state index is 0.0316. The molecule has 1 aliphatic rings. The highest BCUT2D eigenvalue weighted by atomic mass is 19.1. The lowest BCUT2D eigenvalue weighted by Gasteiger charge is -2.26. The Morgan fingerprint density at radius 1 is 0.962 bits per heavy atom. The lowest BCUT2D eigenvalue weighted by Crippen LogP contribution is -2.35. The van der Waals surface area contributed by atoms with Gasteiger partial charge in [-0.05, 0) is 61.7 Å². The number of benzene rings is 2. The smallest absolute Gasteiger partial charge is 0.253 e. The molecule has 0 spiro atoms. The van der Waals surface area contributed by atoms with Gasteiger partial charge in [0.05, 0.1) is 6.54 Å². The van der Waals surface area contributed by atoms with E-state index in [9.17, 15) is 14.0 Å². The standard InChI is InChI=1S/C20H22FN3O2/c21-16-7-9-17(10-8-16)23-19(25)14-22-18-6-4-5-15(13-18)20(26)24-11-2-1-3-12-24/h4-10,13,22H,1-3,11-12,14H2,(H,23,25). The number of halogens is 1. The van der Waals surface area contributed by atoms with E-state index in [1.807, 2.05) is 11.0 Å². The summed E-state index contributed by atoms with van der Waals surface area (Å²) < 4.78 is 12.9. The van der Waals surface area contributed by atoms with Crippen LogP contribution in [0, 0.1) is 5.82 Å². The molecule has 1 fully saturated rings. The summed E-state index contributed by atoms with van der Waals surface area (Å²) in [5.74, 6) is -0.565. The van der Waals surface area contributed by atoms with Gasteiger partial charge in [0.15, 0.2) is 0 Å². The first-order chi connectivity index (χ1) is 12.6. The fraction of sp³-hybridized carbons (Fsp3) is 0.300. The van der Waals surface area contributed by atoms with Crippen LogP contribution in [-0.4, -0.2) is 36.3 Å². The van der Waals surface area contributed by atoms with Crippen LogP contribution in [0.4, 0.5) is 15.8 Å². The quantitative estimate of drug-likeness (QED) is 0.863. The number of likely N-dealkylation sites (tertiary alicyclic amines) is 1. The molecular weight excluding hydrogens is 333 g/mol. The van der Waals surface area contributed by atoms with Crippen LogP contribution in [0.5, 0.6) is 0 Å². The number of carbonyl (C=O) groups excluding carboxylic acids is 2. The molecular formula is C20H22FN3O2. The monoisotopic (exact) mass is 355 g/mol. The largest absolute Gasteiger partial charge is 0.376 e. The van der Waals surface area contributed by atoms with E-state index in [0.29, 0.717) is 16.9 Å². The van der Waals surface area contributed by atoms with Gasteiger partial charge in [-0.3, -0.25) is 9.59 Å². The molecule has 0 aromatic heterocycles. The summed E-state index contributed by atoms with van der Waals surface area (Å²) >= 11 is 0. The normalized spacial score (nSPS) is 14.0. The average molecular weight is 355 g/mol. The Morgan fingerprint density at radius 3 is 2.42 bits per heavy atom. The molecule has 3 rings (SSSR count). The minimum atomic E-state index is -0.351. The van der Waals surface area contributed by atoms with Crippen LogP contribution >= 0.6 is 0 Å². The van der Waals surface area contributed by atoms with Gasteiger partial charge in [-0.2, -0.15) is 0 Å². The molecule has 6 heteroatoms. The molecule has 2 aromatic rings. The van der Waals surface area contributed by atoms with Gasteiger partial charge in [0.25, 0.3) is 5.91 Å². The van der Waals surface area contributed by atoms with Crippen LogP contribution < -0.4 is 10.6 Å². The lowest BCUT2D eigenvalue weighted by molar-refractivity contribution is -0.114. The Labute approximate surface area is 152 Å². The van der Waals surface area contributed by atoms with Crippen molar-refractivity contribution < 1.29 is 14.0 Å². The maximum atomic E-state index is 12.9. The van der Waals surface area contributed by atoms with Crippen LogP contribution in [0.3, 0.4) is 0 Å². The number of nitrogens with zero attached hydrogens (tertiary/aromatic N) is 1. The number of hydrogen-bond acceptors (Lipinski definition) is 3. The van der Waals surface area contributed by atoms with Gasteiger partial charge in [0.1, 0.15) is 5.82 Å². The third-order valence-corrected chi connectivity index (χ3v) is 4.33. The summed E-state index contributed by atoms with van der Waals surface area (Å²) in [5.41, 5.74) is 1.87. The maximum Gasteiger partial charge on any atom is 0.253 e. The van der Waals surface area contributed by atoms with E-state index >= 15 is 0 Å². The molecule has 1 heterocycles. The van der Waals surface area contributed by atoms with Crippen LogP contribution in [-0.2, 0) is 4.79 Å². The topological polar surface area (TPSA) is 61.4 Å². The molecule has 136 valence electrons. The van der Waals surface area contributed by atoms with Gasteiger partial charge in [0, 0.05) is 30.0 Å². The van der Waals surface area contributed by atoms with Gasteiger partial charge in [0.2, 0.25) is 5.91 Å². The first-order valence-electron chi connectivity index (χ1n) is 8.80. The first-order valence-corrected chi connectivity index (χ1v) is 8.80. The highest BCUT2D eigenvalue weighted by Crippen LogP contribution is 2.16. The zero-order valence-corrected chi connectivity index (χ0v) is 14.5. The van der Waals surface area contributed by atoms with Crippen molar-refractivity contribution in [1.82, 2.24) is 4.90 Å². The Kier molecular flexibility index (Phi) is 5.84. The molecule has 0 unspecified atom stereocenters. The fourth-order valence-corrected chi connectivity index (χ4v) is 2.96.